The van der Waals surface area contributed by atoms with Gasteiger partial charge in [0.2, 0.25) is 0 Å². The van der Waals surface area contributed by atoms with Gasteiger partial charge in [-0.1, -0.05) is 37.1 Å². The van der Waals surface area contributed by atoms with Crippen molar-refractivity contribution in [1.29, 1.82) is 0 Å². The fourth-order valence-corrected chi connectivity index (χ4v) is 2.03. The van der Waals surface area contributed by atoms with Crippen LogP contribution in [0.25, 0.3) is 0 Å². The highest BCUT2D eigenvalue weighted by Crippen LogP contribution is 2.21. The molecule has 0 saturated carbocycles. The molecule has 0 fully saturated rings. The lowest BCUT2D eigenvalue weighted by molar-refractivity contribution is 0.311. The first kappa shape index (κ1) is 11.3. The average Bonchev–Trinajstić information content (AvgIpc) is 2.17. The molecule has 0 saturated heterocycles. The zero-order chi connectivity index (χ0) is 10.2. The summed E-state index contributed by atoms with van der Waals surface area (Å²) in [6.45, 7) is 2.21. The molecule has 0 aromatic heterocycles. The molecule has 1 N–H and O–H groups in total. The molecule has 0 aliphatic heterocycles. The fourth-order valence-electron chi connectivity index (χ4n) is 2.03. The maximum atomic E-state index is 8.94. The molecule has 0 spiro atoms. The van der Waals surface area contributed by atoms with Crippen LogP contribution in [0.5, 0.6) is 0 Å². The summed E-state index contributed by atoms with van der Waals surface area (Å²) in [6, 6.07) is 0. The van der Waals surface area contributed by atoms with E-state index in [9.17, 15) is 0 Å². The van der Waals surface area contributed by atoms with E-state index < -0.39 is 0 Å². The molecule has 2 nitrogen and oxygen atoms in total. The van der Waals surface area contributed by atoms with Crippen molar-refractivity contribution < 1.29 is 5.21 Å². The number of oxime groups is 1. The van der Waals surface area contributed by atoms with E-state index in [1.54, 1.807) is 0 Å². The summed E-state index contributed by atoms with van der Waals surface area (Å²) in [6.07, 6.45) is 12.4. The maximum Gasteiger partial charge on any atom is 0.0604 e. The smallest absolute Gasteiger partial charge is 0.0604 e. The van der Waals surface area contributed by atoms with Gasteiger partial charge in [-0.25, -0.2) is 0 Å². The molecule has 14 heavy (non-hydrogen) atoms. The van der Waals surface area contributed by atoms with Gasteiger partial charge in [0, 0.05) is 5.92 Å². The molecule has 1 unspecified atom stereocenters. The molecule has 0 amide bonds. The summed E-state index contributed by atoms with van der Waals surface area (Å²) in [5, 5.41) is 12.4. The minimum absolute atomic E-state index is 0.518. The minimum Gasteiger partial charge on any atom is -0.411 e. The topological polar surface area (TPSA) is 32.6 Å². The first-order chi connectivity index (χ1) is 6.88. The number of hydrogen-bond donors (Lipinski definition) is 1. The molecule has 1 rings (SSSR count). The van der Waals surface area contributed by atoms with Gasteiger partial charge in [-0.05, 0) is 32.1 Å². The number of allylic oxidation sites excluding steroid dienone is 2. The predicted octanol–water partition coefficient (Wildman–Crippen LogP) is 3.75. The van der Waals surface area contributed by atoms with Crippen molar-refractivity contribution in [3.05, 3.63) is 12.2 Å². The van der Waals surface area contributed by atoms with Crippen molar-refractivity contribution in [1.82, 2.24) is 0 Å². The third-order valence-electron chi connectivity index (χ3n) is 2.92. The quantitative estimate of drug-likeness (QED) is 0.415. The highest BCUT2D eigenvalue weighted by atomic mass is 16.4. The molecule has 0 bridgehead atoms. The largest absolute Gasteiger partial charge is 0.411 e. The van der Waals surface area contributed by atoms with E-state index in [2.05, 4.69) is 24.2 Å². The van der Waals surface area contributed by atoms with Gasteiger partial charge in [-0.3, -0.25) is 0 Å². The second-order valence-electron chi connectivity index (χ2n) is 4.02. The van der Waals surface area contributed by atoms with E-state index >= 15 is 0 Å². The molecule has 80 valence electrons. The molecule has 1 aliphatic carbocycles. The van der Waals surface area contributed by atoms with E-state index in [0.717, 1.165) is 31.4 Å². The third-order valence-corrected chi connectivity index (χ3v) is 2.92. The Balaban J connectivity index is 2.52. The second-order valence-corrected chi connectivity index (χ2v) is 4.02. The molecule has 0 aromatic rings. The van der Waals surface area contributed by atoms with E-state index in [4.69, 9.17) is 5.21 Å². The van der Waals surface area contributed by atoms with Gasteiger partial charge in [0.05, 0.1) is 5.71 Å². The number of nitrogens with zero attached hydrogens (tertiary/aromatic N) is 1. The zero-order valence-electron chi connectivity index (χ0n) is 9.08. The predicted molar refractivity (Wildman–Crippen MR) is 59.8 cm³/mol. The molecule has 1 atom stereocenters. The standard InChI is InChI=1S/C12H21NO/c1-2-3-8-11-9-6-4-5-7-10-12(11)13-14/h4-5,11,14H,2-3,6-10H2,1H3/b5-4-,13-12-. The van der Waals surface area contributed by atoms with Gasteiger partial charge in [0.25, 0.3) is 0 Å². The first-order valence-corrected chi connectivity index (χ1v) is 5.74. The molecule has 2 heteroatoms. The normalized spacial score (nSPS) is 28.4. The van der Waals surface area contributed by atoms with Crippen molar-refractivity contribution in [2.75, 3.05) is 0 Å². The van der Waals surface area contributed by atoms with Crippen LogP contribution in [0.15, 0.2) is 17.3 Å². The Labute approximate surface area is 86.7 Å². The Morgan fingerprint density at radius 2 is 2.21 bits per heavy atom. The van der Waals surface area contributed by atoms with Gasteiger partial charge in [-0.2, -0.15) is 0 Å². The summed E-state index contributed by atoms with van der Waals surface area (Å²) >= 11 is 0. The van der Waals surface area contributed by atoms with Crippen LogP contribution in [0.2, 0.25) is 0 Å². The molecule has 0 heterocycles. The van der Waals surface area contributed by atoms with Gasteiger partial charge in [0.1, 0.15) is 0 Å². The average molecular weight is 195 g/mol. The van der Waals surface area contributed by atoms with Gasteiger partial charge < -0.3 is 5.21 Å². The molecule has 0 radical (unpaired) electrons. The van der Waals surface area contributed by atoms with Crippen LogP contribution < -0.4 is 0 Å². The third kappa shape index (κ3) is 3.52. The summed E-state index contributed by atoms with van der Waals surface area (Å²) < 4.78 is 0. The Hall–Kier alpha value is -0.790. The molecular formula is C12H21NO. The number of unbranched alkanes of at least 4 members (excludes halogenated alkanes) is 1. The van der Waals surface area contributed by atoms with Gasteiger partial charge in [-0.15, -0.1) is 0 Å². The highest BCUT2D eigenvalue weighted by Gasteiger charge is 2.16. The van der Waals surface area contributed by atoms with Crippen molar-refractivity contribution in [3.63, 3.8) is 0 Å². The number of rotatable bonds is 3. The van der Waals surface area contributed by atoms with Crippen LogP contribution in [0.4, 0.5) is 0 Å². The van der Waals surface area contributed by atoms with E-state index in [1.165, 1.54) is 19.3 Å². The van der Waals surface area contributed by atoms with E-state index in [-0.39, 0.29) is 0 Å². The Morgan fingerprint density at radius 3 is 2.93 bits per heavy atom. The van der Waals surface area contributed by atoms with Crippen LogP contribution in [-0.4, -0.2) is 10.9 Å². The lowest BCUT2D eigenvalue weighted by atomic mass is 9.88. The van der Waals surface area contributed by atoms with Crippen LogP contribution in [0.1, 0.15) is 51.9 Å². The summed E-state index contributed by atoms with van der Waals surface area (Å²) in [4.78, 5) is 0. The van der Waals surface area contributed by atoms with Crippen LogP contribution >= 0.6 is 0 Å². The Kier molecular flexibility index (Phi) is 5.35. The Bertz CT molecular complexity index is 208. The zero-order valence-corrected chi connectivity index (χ0v) is 9.08. The lowest BCUT2D eigenvalue weighted by Crippen LogP contribution is -2.15. The number of hydrogen-bond acceptors (Lipinski definition) is 2. The fraction of sp³-hybridized carbons (Fsp3) is 0.750. The van der Waals surface area contributed by atoms with E-state index in [0.29, 0.717) is 5.92 Å². The Morgan fingerprint density at radius 1 is 1.43 bits per heavy atom. The highest BCUT2D eigenvalue weighted by molar-refractivity contribution is 5.86. The summed E-state index contributed by atoms with van der Waals surface area (Å²) in [7, 11) is 0. The van der Waals surface area contributed by atoms with Gasteiger partial charge >= 0.3 is 0 Å². The van der Waals surface area contributed by atoms with Crippen LogP contribution in [0.3, 0.4) is 0 Å². The van der Waals surface area contributed by atoms with Crippen molar-refractivity contribution in [3.8, 4) is 0 Å². The summed E-state index contributed by atoms with van der Waals surface area (Å²) in [5.41, 5.74) is 1.02. The lowest BCUT2D eigenvalue weighted by Gasteiger charge is -2.18. The second kappa shape index (κ2) is 6.63. The molecule has 1 aliphatic rings. The SMILES string of the molecule is CCCCC1CC/C=C\CC/C1=N/O. The van der Waals surface area contributed by atoms with Crippen molar-refractivity contribution in [2.45, 2.75) is 51.9 Å². The first-order valence-electron chi connectivity index (χ1n) is 5.74. The van der Waals surface area contributed by atoms with Crippen LogP contribution in [-0.2, 0) is 0 Å². The van der Waals surface area contributed by atoms with Crippen molar-refractivity contribution >= 4 is 5.71 Å². The maximum absolute atomic E-state index is 8.94. The van der Waals surface area contributed by atoms with E-state index in [1.807, 2.05) is 0 Å². The van der Waals surface area contributed by atoms with Crippen molar-refractivity contribution in [2.24, 2.45) is 11.1 Å². The van der Waals surface area contributed by atoms with Crippen LogP contribution in [0, 0.1) is 5.92 Å². The van der Waals surface area contributed by atoms with Gasteiger partial charge in [0.15, 0.2) is 0 Å². The minimum atomic E-state index is 0.518. The summed E-state index contributed by atoms with van der Waals surface area (Å²) in [5.74, 6) is 0.518. The molecule has 0 aromatic carbocycles. The monoisotopic (exact) mass is 195 g/mol. The molecular weight excluding hydrogens is 174 g/mol.